The molecule has 5 nitrogen and oxygen atoms in total. The molecule has 2 heterocycles. The van der Waals surface area contributed by atoms with E-state index in [1.165, 1.54) is 0 Å². The van der Waals surface area contributed by atoms with Crippen molar-refractivity contribution in [2.24, 2.45) is 5.92 Å². The number of amides is 2. The number of nitrogens with zero attached hydrogens (tertiary/aromatic N) is 2. The van der Waals surface area contributed by atoms with E-state index in [9.17, 15) is 9.59 Å². The van der Waals surface area contributed by atoms with Crippen LogP contribution in [0.15, 0.2) is 35.3 Å². The Morgan fingerprint density at radius 2 is 1.77 bits per heavy atom. The average molecular weight is 355 g/mol. The number of anilines is 1. The van der Waals surface area contributed by atoms with Gasteiger partial charge in [0, 0.05) is 35.6 Å². The van der Waals surface area contributed by atoms with E-state index in [4.69, 9.17) is 0 Å². The van der Waals surface area contributed by atoms with Crippen LogP contribution in [-0.4, -0.2) is 27.6 Å². The van der Waals surface area contributed by atoms with E-state index in [2.05, 4.69) is 33.0 Å². The third-order valence-electron chi connectivity index (χ3n) is 5.22. The number of hydrogen-bond donors (Lipinski definition) is 1. The number of piperidine rings is 1. The molecule has 140 valence electrons. The Labute approximate surface area is 155 Å². The van der Waals surface area contributed by atoms with E-state index < -0.39 is 0 Å². The first kappa shape index (κ1) is 18.5. The molecule has 0 bridgehead atoms. The van der Waals surface area contributed by atoms with Gasteiger partial charge in [-0.2, -0.15) is 0 Å². The second kappa shape index (κ2) is 7.52. The maximum absolute atomic E-state index is 13.0. The third-order valence-corrected chi connectivity index (χ3v) is 5.22. The maximum Gasteiger partial charge on any atom is 0.322 e. The fourth-order valence-corrected chi connectivity index (χ4v) is 3.97. The first-order valence-corrected chi connectivity index (χ1v) is 9.60. The van der Waals surface area contributed by atoms with E-state index in [1.807, 2.05) is 29.2 Å². The zero-order chi connectivity index (χ0) is 18.8. The fourth-order valence-electron chi connectivity index (χ4n) is 3.97. The fraction of sp³-hybridized carbons (Fsp3) is 0.524. The monoisotopic (exact) mass is 355 g/mol. The van der Waals surface area contributed by atoms with Crippen molar-refractivity contribution >= 4 is 22.5 Å². The van der Waals surface area contributed by atoms with Crippen LogP contribution in [0.4, 0.5) is 10.5 Å². The minimum atomic E-state index is -0.0791. The van der Waals surface area contributed by atoms with E-state index in [-0.39, 0.29) is 23.7 Å². The molecule has 1 saturated heterocycles. The molecule has 1 aliphatic rings. The highest BCUT2D eigenvalue weighted by Gasteiger charge is 2.29. The van der Waals surface area contributed by atoms with Crippen molar-refractivity contribution < 1.29 is 4.79 Å². The summed E-state index contributed by atoms with van der Waals surface area (Å²) in [6.07, 6.45) is 5.02. The van der Waals surface area contributed by atoms with Crippen molar-refractivity contribution in [2.45, 2.75) is 65.6 Å². The zero-order valence-corrected chi connectivity index (χ0v) is 16.2. The van der Waals surface area contributed by atoms with Crippen molar-refractivity contribution in [3.63, 3.8) is 0 Å². The van der Waals surface area contributed by atoms with Gasteiger partial charge in [-0.25, -0.2) is 4.79 Å². The number of urea groups is 1. The van der Waals surface area contributed by atoms with Crippen molar-refractivity contribution in [1.29, 1.82) is 0 Å². The number of rotatable bonds is 3. The van der Waals surface area contributed by atoms with Gasteiger partial charge in [-0.15, -0.1) is 0 Å². The summed E-state index contributed by atoms with van der Waals surface area (Å²) in [6, 6.07) is 7.87. The number of likely N-dealkylation sites (tertiary alicyclic amines) is 1. The van der Waals surface area contributed by atoms with Crippen LogP contribution < -0.4 is 10.9 Å². The lowest BCUT2D eigenvalue weighted by atomic mass is 9.98. The summed E-state index contributed by atoms with van der Waals surface area (Å²) in [5.41, 5.74) is 0.697. The van der Waals surface area contributed by atoms with Crippen molar-refractivity contribution in [3.05, 3.63) is 40.8 Å². The molecule has 0 radical (unpaired) electrons. The topological polar surface area (TPSA) is 54.3 Å². The molecule has 26 heavy (non-hydrogen) atoms. The van der Waals surface area contributed by atoms with Gasteiger partial charge in [0.2, 0.25) is 0 Å². The molecule has 2 atom stereocenters. The molecule has 1 N–H and O–H groups in total. The molecular formula is C21H29N3O2. The second-order valence-electron chi connectivity index (χ2n) is 7.91. The van der Waals surface area contributed by atoms with Crippen LogP contribution in [0.25, 0.3) is 10.8 Å². The lowest BCUT2D eigenvalue weighted by molar-refractivity contribution is 0.133. The molecular weight excluding hydrogens is 326 g/mol. The molecule has 3 rings (SSSR count). The Kier molecular flexibility index (Phi) is 5.35. The van der Waals surface area contributed by atoms with E-state index >= 15 is 0 Å². The molecule has 0 aliphatic carbocycles. The first-order chi connectivity index (χ1) is 12.4. The van der Waals surface area contributed by atoms with Gasteiger partial charge in [0.05, 0.1) is 5.69 Å². The number of benzene rings is 1. The van der Waals surface area contributed by atoms with Crippen LogP contribution in [0.2, 0.25) is 0 Å². The Morgan fingerprint density at radius 3 is 2.38 bits per heavy atom. The normalized spacial score (nSPS) is 20.6. The zero-order valence-electron chi connectivity index (χ0n) is 16.2. The molecule has 1 aromatic carbocycles. The Bertz CT molecular complexity index is 846. The van der Waals surface area contributed by atoms with Gasteiger partial charge in [0.25, 0.3) is 5.56 Å². The molecule has 1 aromatic heterocycles. The predicted octanol–water partition coefficient (Wildman–Crippen LogP) is 4.45. The summed E-state index contributed by atoms with van der Waals surface area (Å²) in [6.45, 7) is 9.00. The number of hydrogen-bond acceptors (Lipinski definition) is 2. The molecule has 2 aromatic rings. The van der Waals surface area contributed by atoms with Crippen molar-refractivity contribution in [1.82, 2.24) is 9.47 Å². The maximum atomic E-state index is 13.0. The van der Waals surface area contributed by atoms with Gasteiger partial charge >= 0.3 is 6.03 Å². The van der Waals surface area contributed by atoms with Crippen LogP contribution in [0.3, 0.4) is 0 Å². The van der Waals surface area contributed by atoms with Crippen LogP contribution in [-0.2, 0) is 6.54 Å². The van der Waals surface area contributed by atoms with Gasteiger partial charge in [0.1, 0.15) is 0 Å². The smallest absolute Gasteiger partial charge is 0.319 e. The number of carbonyl (C=O) groups excluding carboxylic acids is 1. The van der Waals surface area contributed by atoms with Crippen LogP contribution in [0, 0.1) is 5.92 Å². The molecule has 0 unspecified atom stereocenters. The lowest BCUT2D eigenvalue weighted by Gasteiger charge is -2.39. The van der Waals surface area contributed by atoms with E-state index in [1.54, 1.807) is 10.8 Å². The van der Waals surface area contributed by atoms with Crippen LogP contribution in [0.5, 0.6) is 0 Å². The molecule has 1 fully saturated rings. The van der Waals surface area contributed by atoms with E-state index in [0.29, 0.717) is 23.5 Å². The minimum absolute atomic E-state index is 0.00740. The summed E-state index contributed by atoms with van der Waals surface area (Å²) >= 11 is 0. The van der Waals surface area contributed by atoms with Crippen LogP contribution in [0.1, 0.15) is 47.0 Å². The second-order valence-corrected chi connectivity index (χ2v) is 7.91. The summed E-state index contributed by atoms with van der Waals surface area (Å²) < 4.78 is 1.71. The lowest BCUT2D eigenvalue weighted by Crippen LogP contribution is -2.49. The first-order valence-electron chi connectivity index (χ1n) is 9.60. The Balaban J connectivity index is 2.00. The van der Waals surface area contributed by atoms with Gasteiger partial charge in [-0.05, 0) is 45.1 Å². The van der Waals surface area contributed by atoms with Gasteiger partial charge in [0.15, 0.2) is 0 Å². The number of pyridine rings is 1. The molecule has 5 heteroatoms. The predicted molar refractivity (Wildman–Crippen MR) is 107 cm³/mol. The quantitative estimate of drug-likeness (QED) is 0.884. The highest BCUT2D eigenvalue weighted by Crippen LogP contribution is 2.26. The summed E-state index contributed by atoms with van der Waals surface area (Å²) in [7, 11) is 0. The third kappa shape index (κ3) is 3.62. The number of nitrogens with one attached hydrogen (secondary N) is 1. The van der Waals surface area contributed by atoms with Crippen molar-refractivity contribution in [3.8, 4) is 0 Å². The minimum Gasteiger partial charge on any atom is -0.319 e. The Hall–Kier alpha value is -2.30. The molecule has 2 amide bonds. The number of fused-ring (bicyclic) bond motifs is 1. The van der Waals surface area contributed by atoms with Gasteiger partial charge < -0.3 is 14.8 Å². The summed E-state index contributed by atoms with van der Waals surface area (Å²) in [4.78, 5) is 27.7. The molecule has 0 saturated carbocycles. The molecule has 0 spiro atoms. The number of aromatic nitrogens is 1. The summed E-state index contributed by atoms with van der Waals surface area (Å²) in [5.74, 6) is 0.347. The highest BCUT2D eigenvalue weighted by molar-refractivity contribution is 6.01. The summed E-state index contributed by atoms with van der Waals surface area (Å²) in [5, 5.41) is 4.52. The van der Waals surface area contributed by atoms with Crippen molar-refractivity contribution in [2.75, 3.05) is 5.32 Å². The number of carbonyl (C=O) groups is 1. The Morgan fingerprint density at radius 1 is 1.15 bits per heavy atom. The highest BCUT2D eigenvalue weighted by atomic mass is 16.2. The van der Waals surface area contributed by atoms with Gasteiger partial charge in [-0.1, -0.05) is 32.0 Å². The van der Waals surface area contributed by atoms with Crippen LogP contribution >= 0.6 is 0 Å². The standard InChI is InChI=1S/C21H29N3O2/c1-14(2)12-23-13-19(17-10-5-6-11-18(17)20(23)25)22-21(26)24-15(3)8-7-9-16(24)4/h5-6,10-11,13-16H,7-9,12H2,1-4H3,(H,22,26)/t15-,16-/m0/s1. The average Bonchev–Trinajstić information content (AvgIpc) is 2.58. The van der Waals surface area contributed by atoms with E-state index in [0.717, 1.165) is 24.6 Å². The van der Waals surface area contributed by atoms with Gasteiger partial charge in [-0.3, -0.25) is 4.79 Å². The largest absolute Gasteiger partial charge is 0.322 e. The molecule has 1 aliphatic heterocycles. The SMILES string of the molecule is CC(C)Cn1cc(NC(=O)N2[C@@H](C)CCC[C@@H]2C)c2ccccc2c1=O.